The fourth-order valence-corrected chi connectivity index (χ4v) is 3.61. The predicted octanol–water partition coefficient (Wildman–Crippen LogP) is 0.330. The minimum atomic E-state index is 0.0978. The molecule has 1 amide bonds. The van der Waals surface area contributed by atoms with E-state index in [1.54, 1.807) is 11.2 Å². The maximum Gasteiger partial charge on any atom is 0.243 e. The first-order chi connectivity index (χ1) is 13.5. The van der Waals surface area contributed by atoms with Crippen LogP contribution in [0.4, 0.5) is 11.6 Å². The average Bonchev–Trinajstić information content (AvgIpc) is 3.16. The van der Waals surface area contributed by atoms with Crippen molar-refractivity contribution in [2.75, 3.05) is 62.7 Å². The summed E-state index contributed by atoms with van der Waals surface area (Å²) in [5.74, 6) is 3.15. The zero-order chi connectivity index (χ0) is 19.7. The van der Waals surface area contributed by atoms with E-state index in [4.69, 9.17) is 4.52 Å². The minimum Gasteiger partial charge on any atom is -0.354 e. The lowest BCUT2D eigenvalue weighted by atomic mass is 10.2. The first kappa shape index (κ1) is 18.6. The molecule has 0 bridgehead atoms. The van der Waals surface area contributed by atoms with Gasteiger partial charge in [0.2, 0.25) is 11.8 Å². The van der Waals surface area contributed by atoms with Crippen molar-refractivity contribution in [3.05, 3.63) is 24.1 Å². The Hall–Kier alpha value is -2.75. The van der Waals surface area contributed by atoms with Gasteiger partial charge in [0, 0.05) is 52.4 Å². The van der Waals surface area contributed by atoms with Gasteiger partial charge in [0.25, 0.3) is 0 Å². The van der Waals surface area contributed by atoms with E-state index in [0.717, 1.165) is 44.4 Å². The Balaban J connectivity index is 1.39. The molecule has 2 aromatic rings. The molecule has 0 aliphatic carbocycles. The number of aromatic nitrogens is 4. The molecule has 2 aromatic heterocycles. The number of hydrogen-bond acceptors (Lipinski definition) is 9. The molecule has 1 atom stereocenters. The number of aryl methyl sites for hydroxylation is 1. The number of carbonyl (C=O) groups excluding carboxylic acids is 1. The van der Waals surface area contributed by atoms with Gasteiger partial charge in [0.1, 0.15) is 18.0 Å². The molecule has 1 unspecified atom stereocenters. The van der Waals surface area contributed by atoms with Crippen molar-refractivity contribution >= 4 is 17.5 Å². The zero-order valence-corrected chi connectivity index (χ0v) is 16.6. The summed E-state index contributed by atoms with van der Waals surface area (Å²) in [5.41, 5.74) is 0. The Morgan fingerprint density at radius 3 is 2.36 bits per heavy atom. The summed E-state index contributed by atoms with van der Waals surface area (Å²) in [7, 11) is 1.83. The van der Waals surface area contributed by atoms with Gasteiger partial charge < -0.3 is 19.2 Å². The fourth-order valence-electron chi connectivity index (χ4n) is 3.61. The molecule has 0 aromatic carbocycles. The van der Waals surface area contributed by atoms with Crippen molar-refractivity contribution in [3.63, 3.8) is 0 Å². The topological polar surface area (TPSA) is 94.7 Å². The second-order valence-electron chi connectivity index (χ2n) is 7.35. The molecule has 0 spiro atoms. The van der Waals surface area contributed by atoms with Crippen molar-refractivity contribution in [2.45, 2.75) is 19.9 Å². The summed E-state index contributed by atoms with van der Waals surface area (Å²) in [6.07, 6.45) is 1.59. The molecular weight excluding hydrogens is 360 g/mol. The van der Waals surface area contributed by atoms with E-state index in [1.165, 1.54) is 0 Å². The third kappa shape index (κ3) is 3.77. The van der Waals surface area contributed by atoms with Crippen LogP contribution >= 0.6 is 0 Å². The lowest BCUT2D eigenvalue weighted by Crippen LogP contribution is -2.49. The quantitative estimate of drug-likeness (QED) is 0.736. The van der Waals surface area contributed by atoms with Crippen molar-refractivity contribution < 1.29 is 9.32 Å². The Bertz CT molecular complexity index is 832. The molecule has 10 heteroatoms. The molecule has 0 N–H and O–H groups in total. The normalized spacial score (nSPS) is 20.0. The summed E-state index contributed by atoms with van der Waals surface area (Å²) in [6, 6.07) is 2.08. The Kier molecular flexibility index (Phi) is 5.12. The van der Waals surface area contributed by atoms with E-state index in [-0.39, 0.29) is 11.9 Å². The number of anilines is 2. The fraction of sp³-hybridized carbons (Fsp3) is 0.611. The third-order valence-corrected chi connectivity index (χ3v) is 5.51. The van der Waals surface area contributed by atoms with Crippen LogP contribution in [0, 0.1) is 6.92 Å². The number of hydrogen-bond donors (Lipinski definition) is 0. The maximum atomic E-state index is 12.0. The number of likely N-dealkylation sites (N-methyl/N-ethyl adjacent to an activating group) is 1. The lowest BCUT2D eigenvalue weighted by Gasteiger charge is -2.38. The third-order valence-electron chi connectivity index (χ3n) is 5.51. The van der Waals surface area contributed by atoms with Crippen molar-refractivity contribution in [1.29, 1.82) is 0 Å². The van der Waals surface area contributed by atoms with Gasteiger partial charge in [-0.1, -0.05) is 5.16 Å². The van der Waals surface area contributed by atoms with Gasteiger partial charge in [-0.15, -0.1) is 0 Å². The molecule has 28 heavy (non-hydrogen) atoms. The van der Waals surface area contributed by atoms with Gasteiger partial charge in [-0.25, -0.2) is 9.97 Å². The van der Waals surface area contributed by atoms with Crippen LogP contribution in [0.2, 0.25) is 0 Å². The van der Waals surface area contributed by atoms with Crippen LogP contribution in [0.15, 0.2) is 16.9 Å². The summed E-state index contributed by atoms with van der Waals surface area (Å²) in [6.45, 7) is 9.27. The summed E-state index contributed by atoms with van der Waals surface area (Å²) in [5, 5.41) is 3.89. The van der Waals surface area contributed by atoms with Gasteiger partial charge in [0.05, 0.1) is 12.6 Å². The number of nitrogens with zero attached hydrogens (tertiary/aromatic N) is 8. The van der Waals surface area contributed by atoms with Gasteiger partial charge in [-0.05, 0) is 13.8 Å². The molecule has 0 saturated carbocycles. The van der Waals surface area contributed by atoms with Crippen molar-refractivity contribution in [2.24, 2.45) is 0 Å². The average molecular weight is 386 g/mol. The van der Waals surface area contributed by atoms with E-state index in [0.29, 0.717) is 24.8 Å². The number of amides is 1. The van der Waals surface area contributed by atoms with Crippen LogP contribution in [-0.2, 0) is 4.79 Å². The Morgan fingerprint density at radius 2 is 1.71 bits per heavy atom. The molecule has 2 aliphatic heterocycles. The van der Waals surface area contributed by atoms with E-state index >= 15 is 0 Å². The second kappa shape index (κ2) is 7.70. The van der Waals surface area contributed by atoms with Crippen LogP contribution < -0.4 is 9.80 Å². The van der Waals surface area contributed by atoms with E-state index < -0.39 is 0 Å². The largest absolute Gasteiger partial charge is 0.354 e. The highest BCUT2D eigenvalue weighted by Gasteiger charge is 2.27. The van der Waals surface area contributed by atoms with Gasteiger partial charge in [-0.2, -0.15) is 4.98 Å². The molecule has 2 fully saturated rings. The smallest absolute Gasteiger partial charge is 0.243 e. The van der Waals surface area contributed by atoms with Gasteiger partial charge >= 0.3 is 0 Å². The SMILES string of the molecule is Cc1noc(C(C)N2CCN(c3cc(N4CCN(C)C(=O)C4)ncn3)CC2)n1. The molecule has 4 rings (SSSR count). The van der Waals surface area contributed by atoms with E-state index in [1.807, 2.05) is 24.9 Å². The second-order valence-corrected chi connectivity index (χ2v) is 7.35. The molecule has 10 nitrogen and oxygen atoms in total. The van der Waals surface area contributed by atoms with Crippen LogP contribution in [0.3, 0.4) is 0 Å². The van der Waals surface area contributed by atoms with Crippen molar-refractivity contribution in [1.82, 2.24) is 29.9 Å². The summed E-state index contributed by atoms with van der Waals surface area (Å²) in [4.78, 5) is 33.5. The minimum absolute atomic E-state index is 0.0978. The van der Waals surface area contributed by atoms with Crippen LogP contribution in [0.5, 0.6) is 0 Å². The van der Waals surface area contributed by atoms with Gasteiger partial charge in [0.15, 0.2) is 5.82 Å². The first-order valence-electron chi connectivity index (χ1n) is 9.61. The van der Waals surface area contributed by atoms with E-state index in [9.17, 15) is 4.79 Å². The summed E-state index contributed by atoms with van der Waals surface area (Å²) >= 11 is 0. The summed E-state index contributed by atoms with van der Waals surface area (Å²) < 4.78 is 5.32. The number of rotatable bonds is 4. The molecular formula is C18H26N8O2. The maximum absolute atomic E-state index is 12.0. The van der Waals surface area contributed by atoms with Crippen molar-refractivity contribution in [3.8, 4) is 0 Å². The lowest BCUT2D eigenvalue weighted by molar-refractivity contribution is -0.129. The Labute approximate surface area is 164 Å². The Morgan fingerprint density at radius 1 is 1.04 bits per heavy atom. The molecule has 2 saturated heterocycles. The molecule has 4 heterocycles. The number of carbonyl (C=O) groups is 1. The number of piperazine rings is 2. The molecule has 2 aliphatic rings. The highest BCUT2D eigenvalue weighted by atomic mass is 16.5. The zero-order valence-electron chi connectivity index (χ0n) is 16.6. The van der Waals surface area contributed by atoms with Gasteiger partial charge in [-0.3, -0.25) is 9.69 Å². The predicted molar refractivity (Wildman–Crippen MR) is 103 cm³/mol. The molecule has 150 valence electrons. The first-order valence-corrected chi connectivity index (χ1v) is 9.61. The van der Waals surface area contributed by atoms with Crippen LogP contribution in [0.1, 0.15) is 24.7 Å². The molecule has 0 radical (unpaired) electrons. The highest BCUT2D eigenvalue weighted by molar-refractivity contribution is 5.82. The van der Waals surface area contributed by atoms with E-state index in [2.05, 4.69) is 36.8 Å². The standard InChI is InChI=1S/C18H26N8O2/c1-13(18-21-14(2)22-28-18)24-6-8-25(9-7-24)15-10-16(20-12-19-15)26-5-4-23(3)17(27)11-26/h10,12-13H,4-9,11H2,1-3H3. The van der Waals surface area contributed by atoms with Crippen LogP contribution in [-0.4, -0.2) is 88.7 Å². The van der Waals surface area contributed by atoms with Crippen LogP contribution in [0.25, 0.3) is 0 Å². The highest BCUT2D eigenvalue weighted by Crippen LogP contribution is 2.24. The monoisotopic (exact) mass is 386 g/mol.